The SMILES string of the molecule is COc1cccc(O[C@H]2CCCC[C@H]2Cl)c1. The molecule has 0 aromatic heterocycles. The van der Waals surface area contributed by atoms with E-state index in [0.717, 1.165) is 24.3 Å². The third-order valence-electron chi connectivity index (χ3n) is 2.95. The maximum atomic E-state index is 6.25. The molecule has 1 aromatic rings. The van der Waals surface area contributed by atoms with Gasteiger partial charge in [-0.15, -0.1) is 11.6 Å². The maximum absolute atomic E-state index is 6.25. The molecule has 1 fully saturated rings. The van der Waals surface area contributed by atoms with Crippen molar-refractivity contribution in [3.05, 3.63) is 24.3 Å². The molecule has 3 heteroatoms. The highest BCUT2D eigenvalue weighted by Crippen LogP contribution is 2.28. The number of benzene rings is 1. The average molecular weight is 241 g/mol. The Morgan fingerprint density at radius 3 is 2.69 bits per heavy atom. The molecule has 0 heterocycles. The molecular formula is C13H17ClO2. The van der Waals surface area contributed by atoms with E-state index in [2.05, 4.69) is 0 Å². The monoisotopic (exact) mass is 240 g/mol. The molecular weight excluding hydrogens is 224 g/mol. The number of hydrogen-bond donors (Lipinski definition) is 0. The lowest BCUT2D eigenvalue weighted by molar-refractivity contribution is 0.158. The van der Waals surface area contributed by atoms with Crippen molar-refractivity contribution in [2.24, 2.45) is 0 Å². The van der Waals surface area contributed by atoms with Gasteiger partial charge in [0.25, 0.3) is 0 Å². The third-order valence-corrected chi connectivity index (χ3v) is 3.45. The quantitative estimate of drug-likeness (QED) is 0.752. The van der Waals surface area contributed by atoms with Gasteiger partial charge < -0.3 is 9.47 Å². The summed E-state index contributed by atoms with van der Waals surface area (Å²) in [6.07, 6.45) is 4.66. The molecule has 0 radical (unpaired) electrons. The van der Waals surface area contributed by atoms with Crippen LogP contribution < -0.4 is 9.47 Å². The molecule has 0 aliphatic heterocycles. The van der Waals surface area contributed by atoms with Gasteiger partial charge in [-0.05, 0) is 31.4 Å². The summed E-state index contributed by atoms with van der Waals surface area (Å²) in [5.41, 5.74) is 0. The first-order valence-electron chi connectivity index (χ1n) is 5.74. The van der Waals surface area contributed by atoms with Crippen molar-refractivity contribution in [1.29, 1.82) is 0 Å². The highest BCUT2D eigenvalue weighted by atomic mass is 35.5. The van der Waals surface area contributed by atoms with Gasteiger partial charge in [-0.1, -0.05) is 12.5 Å². The lowest BCUT2D eigenvalue weighted by Crippen LogP contribution is -2.30. The summed E-state index contributed by atoms with van der Waals surface area (Å²) < 4.78 is 11.1. The molecule has 2 nitrogen and oxygen atoms in total. The molecule has 0 unspecified atom stereocenters. The summed E-state index contributed by atoms with van der Waals surface area (Å²) >= 11 is 6.25. The Labute approximate surface area is 102 Å². The van der Waals surface area contributed by atoms with Crippen LogP contribution in [0.5, 0.6) is 11.5 Å². The van der Waals surface area contributed by atoms with Crippen LogP contribution in [0.2, 0.25) is 0 Å². The first-order chi connectivity index (χ1) is 7.79. The molecule has 1 aliphatic rings. The molecule has 16 heavy (non-hydrogen) atoms. The zero-order valence-corrected chi connectivity index (χ0v) is 10.2. The maximum Gasteiger partial charge on any atom is 0.123 e. The van der Waals surface area contributed by atoms with Gasteiger partial charge in [-0.3, -0.25) is 0 Å². The topological polar surface area (TPSA) is 18.5 Å². The molecule has 2 rings (SSSR count). The Balaban J connectivity index is 2.01. The number of hydrogen-bond acceptors (Lipinski definition) is 2. The average Bonchev–Trinajstić information content (AvgIpc) is 2.32. The van der Waals surface area contributed by atoms with E-state index < -0.39 is 0 Å². The summed E-state index contributed by atoms with van der Waals surface area (Å²) in [4.78, 5) is 0. The van der Waals surface area contributed by atoms with Crippen LogP contribution in [0.1, 0.15) is 25.7 Å². The molecule has 0 bridgehead atoms. The van der Waals surface area contributed by atoms with Crippen molar-refractivity contribution in [1.82, 2.24) is 0 Å². The van der Waals surface area contributed by atoms with Gasteiger partial charge in [0, 0.05) is 6.07 Å². The summed E-state index contributed by atoms with van der Waals surface area (Å²) in [6, 6.07) is 7.69. The Morgan fingerprint density at radius 1 is 1.19 bits per heavy atom. The fourth-order valence-corrected chi connectivity index (χ4v) is 2.37. The predicted octanol–water partition coefficient (Wildman–Crippen LogP) is 3.62. The van der Waals surface area contributed by atoms with Gasteiger partial charge in [0.1, 0.15) is 17.6 Å². The van der Waals surface area contributed by atoms with Gasteiger partial charge in [-0.25, -0.2) is 0 Å². The predicted molar refractivity (Wildman–Crippen MR) is 65.5 cm³/mol. The molecule has 1 saturated carbocycles. The van der Waals surface area contributed by atoms with Gasteiger partial charge in [0.15, 0.2) is 0 Å². The van der Waals surface area contributed by atoms with E-state index in [-0.39, 0.29) is 11.5 Å². The van der Waals surface area contributed by atoms with Crippen LogP contribution in [0.4, 0.5) is 0 Å². The molecule has 1 aromatic carbocycles. The van der Waals surface area contributed by atoms with E-state index in [9.17, 15) is 0 Å². The van der Waals surface area contributed by atoms with E-state index in [4.69, 9.17) is 21.1 Å². The molecule has 0 amide bonds. The van der Waals surface area contributed by atoms with Crippen molar-refractivity contribution in [2.45, 2.75) is 37.2 Å². The zero-order chi connectivity index (χ0) is 11.4. The first-order valence-corrected chi connectivity index (χ1v) is 6.18. The number of alkyl halides is 1. The minimum absolute atomic E-state index is 0.139. The summed E-state index contributed by atoms with van der Waals surface area (Å²) in [7, 11) is 1.66. The fraction of sp³-hybridized carbons (Fsp3) is 0.538. The normalized spacial score (nSPS) is 25.1. The van der Waals surface area contributed by atoms with E-state index in [1.165, 1.54) is 12.8 Å². The van der Waals surface area contributed by atoms with Crippen LogP contribution >= 0.6 is 11.6 Å². The Hall–Kier alpha value is -0.890. The summed E-state index contributed by atoms with van der Waals surface area (Å²) in [5.74, 6) is 1.66. The van der Waals surface area contributed by atoms with Crippen molar-refractivity contribution < 1.29 is 9.47 Å². The number of halogens is 1. The second-order valence-electron chi connectivity index (χ2n) is 4.14. The van der Waals surface area contributed by atoms with Crippen LogP contribution in [0.25, 0.3) is 0 Å². The minimum Gasteiger partial charge on any atom is -0.497 e. The van der Waals surface area contributed by atoms with Gasteiger partial charge in [-0.2, -0.15) is 0 Å². The van der Waals surface area contributed by atoms with E-state index in [0.29, 0.717) is 0 Å². The van der Waals surface area contributed by atoms with E-state index in [1.54, 1.807) is 7.11 Å². The van der Waals surface area contributed by atoms with E-state index in [1.807, 2.05) is 24.3 Å². The van der Waals surface area contributed by atoms with Crippen LogP contribution in [0.15, 0.2) is 24.3 Å². The number of ether oxygens (including phenoxy) is 2. The highest BCUT2D eigenvalue weighted by molar-refractivity contribution is 6.21. The van der Waals surface area contributed by atoms with Crippen LogP contribution in [0, 0.1) is 0 Å². The van der Waals surface area contributed by atoms with Crippen LogP contribution in [-0.4, -0.2) is 18.6 Å². The summed E-state index contributed by atoms with van der Waals surface area (Å²) in [5, 5.41) is 0.139. The van der Waals surface area contributed by atoms with Crippen molar-refractivity contribution >= 4 is 11.6 Å². The Morgan fingerprint density at radius 2 is 1.94 bits per heavy atom. The number of rotatable bonds is 3. The molecule has 1 aliphatic carbocycles. The molecule has 88 valence electrons. The lowest BCUT2D eigenvalue weighted by atomic mass is 9.97. The fourth-order valence-electron chi connectivity index (χ4n) is 2.03. The molecule has 2 atom stereocenters. The number of methoxy groups -OCH3 is 1. The van der Waals surface area contributed by atoms with Crippen molar-refractivity contribution in [3.63, 3.8) is 0 Å². The van der Waals surface area contributed by atoms with Crippen LogP contribution in [0.3, 0.4) is 0 Å². The molecule has 0 N–H and O–H groups in total. The Bertz CT molecular complexity index is 340. The standard InChI is InChI=1S/C13H17ClO2/c1-15-10-5-4-6-11(9-10)16-13-8-3-2-7-12(13)14/h4-6,9,12-13H,2-3,7-8H2,1H3/t12-,13+/m1/s1. The lowest BCUT2D eigenvalue weighted by Gasteiger charge is -2.27. The van der Waals surface area contributed by atoms with Crippen molar-refractivity contribution in [3.8, 4) is 11.5 Å². The highest BCUT2D eigenvalue weighted by Gasteiger charge is 2.24. The zero-order valence-electron chi connectivity index (χ0n) is 9.49. The second kappa shape index (κ2) is 5.44. The largest absolute Gasteiger partial charge is 0.497 e. The third kappa shape index (κ3) is 2.82. The first kappa shape index (κ1) is 11.6. The second-order valence-corrected chi connectivity index (χ2v) is 4.70. The van der Waals surface area contributed by atoms with Gasteiger partial charge >= 0.3 is 0 Å². The molecule has 0 spiro atoms. The summed E-state index contributed by atoms with van der Waals surface area (Å²) in [6.45, 7) is 0. The van der Waals surface area contributed by atoms with Gasteiger partial charge in [0.05, 0.1) is 12.5 Å². The minimum atomic E-state index is 0.139. The van der Waals surface area contributed by atoms with E-state index >= 15 is 0 Å². The van der Waals surface area contributed by atoms with Crippen LogP contribution in [-0.2, 0) is 0 Å². The smallest absolute Gasteiger partial charge is 0.123 e. The van der Waals surface area contributed by atoms with Crippen molar-refractivity contribution in [2.75, 3.05) is 7.11 Å². The van der Waals surface area contributed by atoms with Gasteiger partial charge in [0.2, 0.25) is 0 Å². The molecule has 0 saturated heterocycles. The Kier molecular flexibility index (Phi) is 3.94.